The second-order valence-corrected chi connectivity index (χ2v) is 3.10. The zero-order chi connectivity index (χ0) is 8.70. The first kappa shape index (κ1) is 8.89. The van der Waals surface area contributed by atoms with Crippen LogP contribution in [0, 0.1) is 0 Å². The van der Waals surface area contributed by atoms with Crippen molar-refractivity contribution in [3.8, 4) is 0 Å². The molecule has 5 N–H and O–H groups in total. The minimum Gasteiger partial charge on any atom is -0.393 e. The third-order valence-electron chi connectivity index (χ3n) is 2.18. The summed E-state index contributed by atoms with van der Waals surface area (Å²) in [6.45, 7) is -1.23. The normalized spacial score (nSPS) is 50.5. The van der Waals surface area contributed by atoms with Crippen LogP contribution >= 0.6 is 0 Å². The van der Waals surface area contributed by atoms with E-state index in [4.69, 9.17) is 15.3 Å². The molecule has 5 nitrogen and oxygen atoms in total. The van der Waals surface area contributed by atoms with Crippen molar-refractivity contribution in [3.05, 3.63) is 0 Å². The van der Waals surface area contributed by atoms with E-state index in [9.17, 15) is 10.2 Å². The Kier molecular flexibility index (Phi) is 1.94. The molecule has 0 amide bonds. The fraction of sp³-hybridized carbons (Fsp3) is 1.00. The third-order valence-corrected chi connectivity index (χ3v) is 2.18. The molecule has 0 aromatic rings. The van der Waals surface area contributed by atoms with Crippen molar-refractivity contribution >= 4 is 0 Å². The maximum Gasteiger partial charge on any atom is 0.119 e. The van der Waals surface area contributed by atoms with Crippen LogP contribution < -0.4 is 0 Å². The van der Waals surface area contributed by atoms with Gasteiger partial charge in [0.15, 0.2) is 0 Å². The zero-order valence-electron chi connectivity index (χ0n) is 5.93. The van der Waals surface area contributed by atoms with E-state index in [1.54, 1.807) is 0 Å². The van der Waals surface area contributed by atoms with Crippen LogP contribution in [0.4, 0.5) is 0 Å². The first-order valence-corrected chi connectivity index (χ1v) is 3.33. The van der Waals surface area contributed by atoms with Crippen LogP contribution in [0.15, 0.2) is 0 Å². The molecule has 0 aromatic carbocycles. The van der Waals surface area contributed by atoms with E-state index >= 15 is 0 Å². The Morgan fingerprint density at radius 3 is 1.64 bits per heavy atom. The van der Waals surface area contributed by atoms with Gasteiger partial charge < -0.3 is 25.5 Å². The van der Waals surface area contributed by atoms with Crippen LogP contribution in [0.1, 0.15) is 6.42 Å². The van der Waals surface area contributed by atoms with Gasteiger partial charge >= 0.3 is 0 Å². The highest BCUT2D eigenvalue weighted by atomic mass is 16.4. The van der Waals surface area contributed by atoms with Crippen LogP contribution in [0.5, 0.6) is 0 Å². The molecule has 0 spiro atoms. The molecule has 66 valence electrons. The minimum absolute atomic E-state index is 0.200. The van der Waals surface area contributed by atoms with Crippen molar-refractivity contribution in [1.29, 1.82) is 0 Å². The molecule has 1 aliphatic rings. The molecule has 0 bridgehead atoms. The van der Waals surface area contributed by atoms with Crippen molar-refractivity contribution in [2.75, 3.05) is 13.2 Å². The first-order valence-electron chi connectivity index (χ1n) is 3.33. The Morgan fingerprint density at radius 1 is 1.09 bits per heavy atom. The average Bonchev–Trinajstić information content (AvgIpc) is 2.03. The van der Waals surface area contributed by atoms with Gasteiger partial charge in [-0.15, -0.1) is 0 Å². The molecule has 1 fully saturated rings. The van der Waals surface area contributed by atoms with E-state index in [2.05, 4.69) is 0 Å². The van der Waals surface area contributed by atoms with Crippen LogP contribution in [-0.2, 0) is 0 Å². The monoisotopic (exact) mass is 164 g/mol. The van der Waals surface area contributed by atoms with Gasteiger partial charge in [-0.1, -0.05) is 0 Å². The highest BCUT2D eigenvalue weighted by molar-refractivity contribution is 5.13. The number of aliphatic hydroxyl groups is 5. The minimum atomic E-state index is -1.64. The maximum absolute atomic E-state index is 9.18. The molecular weight excluding hydrogens is 152 g/mol. The molecule has 3 atom stereocenters. The largest absolute Gasteiger partial charge is 0.393 e. The summed E-state index contributed by atoms with van der Waals surface area (Å²) in [7, 11) is 0. The van der Waals surface area contributed by atoms with E-state index < -0.39 is 30.5 Å². The number of hydrogen-bond acceptors (Lipinski definition) is 5. The predicted octanol–water partition coefficient (Wildman–Crippen LogP) is -2.80. The Bertz CT molecular complexity index is 145. The van der Waals surface area contributed by atoms with Crippen LogP contribution in [0.3, 0.4) is 0 Å². The lowest BCUT2D eigenvalue weighted by Gasteiger charge is -2.52. The summed E-state index contributed by atoms with van der Waals surface area (Å²) >= 11 is 0. The third kappa shape index (κ3) is 1.05. The lowest BCUT2D eigenvalue weighted by molar-refractivity contribution is -0.289. The van der Waals surface area contributed by atoms with Gasteiger partial charge in [0.1, 0.15) is 17.3 Å². The van der Waals surface area contributed by atoms with Gasteiger partial charge in [-0.05, 0) is 0 Å². The average molecular weight is 164 g/mol. The van der Waals surface area contributed by atoms with E-state index in [1.165, 1.54) is 0 Å². The van der Waals surface area contributed by atoms with Crippen molar-refractivity contribution in [1.82, 2.24) is 0 Å². The fourth-order valence-corrected chi connectivity index (χ4v) is 1.38. The van der Waals surface area contributed by atoms with Crippen LogP contribution in [0.25, 0.3) is 0 Å². The topological polar surface area (TPSA) is 101 Å². The smallest absolute Gasteiger partial charge is 0.119 e. The maximum atomic E-state index is 9.18. The van der Waals surface area contributed by atoms with Gasteiger partial charge in [-0.2, -0.15) is 0 Å². The zero-order valence-corrected chi connectivity index (χ0v) is 5.93. The number of rotatable bonds is 2. The van der Waals surface area contributed by atoms with Crippen molar-refractivity contribution in [2.45, 2.75) is 23.7 Å². The molecule has 0 heterocycles. The molecule has 11 heavy (non-hydrogen) atoms. The molecule has 0 radical (unpaired) electrons. The highest BCUT2D eigenvalue weighted by Gasteiger charge is 2.61. The predicted molar refractivity (Wildman–Crippen MR) is 34.7 cm³/mol. The van der Waals surface area contributed by atoms with Gasteiger partial charge in [0.2, 0.25) is 0 Å². The summed E-state index contributed by atoms with van der Waals surface area (Å²) in [6.07, 6.45) is -1.67. The second-order valence-electron chi connectivity index (χ2n) is 3.10. The van der Waals surface area contributed by atoms with Crippen molar-refractivity contribution in [2.24, 2.45) is 0 Å². The summed E-state index contributed by atoms with van der Waals surface area (Å²) in [5.41, 5.74) is -3.28. The van der Waals surface area contributed by atoms with E-state index in [1.807, 2.05) is 0 Å². The Balaban J connectivity index is 2.62. The Labute approximate surface area is 63.5 Å². The van der Waals surface area contributed by atoms with E-state index in [0.717, 1.165) is 0 Å². The van der Waals surface area contributed by atoms with E-state index in [-0.39, 0.29) is 6.42 Å². The quantitative estimate of drug-likeness (QED) is 0.303. The van der Waals surface area contributed by atoms with Crippen molar-refractivity contribution in [3.63, 3.8) is 0 Å². The van der Waals surface area contributed by atoms with Gasteiger partial charge in [0.05, 0.1) is 13.2 Å². The standard InChI is InChI=1S/C6H12O5/c7-2-5(10)1-6(11,3-8)4(5)9/h4,7-11H,1-3H2/t4?,5-,6+. The van der Waals surface area contributed by atoms with E-state index in [0.29, 0.717) is 0 Å². The lowest BCUT2D eigenvalue weighted by Crippen LogP contribution is -2.73. The molecular formula is C6H12O5. The summed E-state index contributed by atoms with van der Waals surface area (Å²) in [5.74, 6) is 0. The molecule has 1 unspecified atom stereocenters. The number of aliphatic hydroxyl groups excluding tert-OH is 3. The Morgan fingerprint density at radius 2 is 1.45 bits per heavy atom. The molecule has 5 heteroatoms. The van der Waals surface area contributed by atoms with Gasteiger partial charge in [-0.25, -0.2) is 0 Å². The summed E-state index contributed by atoms with van der Waals surface area (Å²) in [6, 6.07) is 0. The molecule has 0 aliphatic heterocycles. The van der Waals surface area contributed by atoms with Crippen LogP contribution in [-0.4, -0.2) is 56.1 Å². The van der Waals surface area contributed by atoms with Crippen LogP contribution in [0.2, 0.25) is 0 Å². The number of hydrogen-bond donors (Lipinski definition) is 5. The summed E-state index contributed by atoms with van der Waals surface area (Å²) in [5, 5.41) is 44.5. The van der Waals surface area contributed by atoms with Crippen molar-refractivity contribution < 1.29 is 25.5 Å². The molecule has 1 aliphatic carbocycles. The summed E-state index contributed by atoms with van der Waals surface area (Å²) < 4.78 is 0. The SMILES string of the molecule is OC[C@@]1(O)C[C@@](O)(CO)C1O. The summed E-state index contributed by atoms with van der Waals surface area (Å²) in [4.78, 5) is 0. The Hall–Kier alpha value is -0.200. The first-order chi connectivity index (χ1) is 4.98. The van der Waals surface area contributed by atoms with Gasteiger partial charge in [0, 0.05) is 6.42 Å². The molecule has 0 aromatic heterocycles. The lowest BCUT2D eigenvalue weighted by atomic mass is 9.65. The molecule has 1 saturated carbocycles. The molecule has 0 saturated heterocycles. The molecule has 1 rings (SSSR count). The highest BCUT2D eigenvalue weighted by Crippen LogP contribution is 2.40. The van der Waals surface area contributed by atoms with Gasteiger partial charge in [0.25, 0.3) is 0 Å². The second kappa shape index (κ2) is 2.40. The fourth-order valence-electron chi connectivity index (χ4n) is 1.38. The van der Waals surface area contributed by atoms with Gasteiger partial charge in [-0.3, -0.25) is 0 Å².